The molecule has 2 unspecified atom stereocenters. The molecule has 1 heterocycles. The van der Waals surface area contributed by atoms with Gasteiger partial charge in [0.2, 0.25) is 5.91 Å². The van der Waals surface area contributed by atoms with E-state index in [1.165, 1.54) is 19.4 Å². The Morgan fingerprint density at radius 2 is 1.70 bits per heavy atom. The summed E-state index contributed by atoms with van der Waals surface area (Å²) in [5.41, 5.74) is 0.574. The number of likely N-dealkylation sites (N-methyl/N-ethyl adjacent to an activating group) is 1. The van der Waals surface area contributed by atoms with Gasteiger partial charge in [0.05, 0.1) is 0 Å². The summed E-state index contributed by atoms with van der Waals surface area (Å²) in [7, 11) is 1.55. The highest BCUT2D eigenvalue weighted by Gasteiger charge is 2.19. The van der Waals surface area contributed by atoms with Crippen LogP contribution in [-0.2, 0) is 14.4 Å². The number of halogens is 1. The van der Waals surface area contributed by atoms with Gasteiger partial charge in [0.25, 0.3) is 6.47 Å². The lowest BCUT2D eigenvalue weighted by atomic mass is 10.1. The van der Waals surface area contributed by atoms with Crippen LogP contribution in [0.5, 0.6) is 0 Å². The topological polar surface area (TPSA) is 114 Å². The van der Waals surface area contributed by atoms with Crippen LogP contribution in [0.2, 0.25) is 0 Å². The fraction of sp³-hybridized carbons (Fsp3) is 0.593. The molecule has 0 spiro atoms. The van der Waals surface area contributed by atoms with Crippen molar-refractivity contribution >= 4 is 18.7 Å². The summed E-state index contributed by atoms with van der Waals surface area (Å²) in [6, 6.07) is 0.197. The third kappa shape index (κ3) is 24.5. The van der Waals surface area contributed by atoms with Crippen LogP contribution in [0, 0.1) is 0 Å². The molecular formula is C27H50FN5O4. The smallest absolute Gasteiger partial charge is 0.290 e. The molecule has 1 fully saturated rings. The Labute approximate surface area is 223 Å². The zero-order valence-corrected chi connectivity index (χ0v) is 23.5. The number of allylic oxidation sites excluding steroid dienone is 3. The minimum absolute atomic E-state index is 0.0985. The van der Waals surface area contributed by atoms with Crippen LogP contribution in [0.15, 0.2) is 49.6 Å². The Morgan fingerprint density at radius 3 is 2.11 bits per heavy atom. The first-order valence-corrected chi connectivity index (χ1v) is 12.5. The Kier molecular flexibility index (Phi) is 28.8. The Balaban J connectivity index is -0.000000521. The first-order valence-electron chi connectivity index (χ1n) is 12.5. The van der Waals surface area contributed by atoms with Crippen molar-refractivity contribution in [1.82, 2.24) is 25.8 Å². The van der Waals surface area contributed by atoms with Gasteiger partial charge in [-0.05, 0) is 52.8 Å². The fourth-order valence-electron chi connectivity index (χ4n) is 3.19. The van der Waals surface area contributed by atoms with E-state index in [2.05, 4.69) is 59.3 Å². The predicted molar refractivity (Wildman–Crippen MR) is 151 cm³/mol. The molecule has 37 heavy (non-hydrogen) atoms. The van der Waals surface area contributed by atoms with E-state index in [0.717, 1.165) is 45.6 Å². The van der Waals surface area contributed by atoms with E-state index in [-0.39, 0.29) is 18.2 Å². The Bertz CT molecular complexity index is 655. The van der Waals surface area contributed by atoms with Crippen molar-refractivity contribution in [2.75, 3.05) is 46.3 Å². The molecule has 9 nitrogen and oxygen atoms in total. The van der Waals surface area contributed by atoms with Crippen LogP contribution in [-0.4, -0.2) is 92.0 Å². The molecule has 0 aromatic heterocycles. The van der Waals surface area contributed by atoms with Gasteiger partial charge in [0.15, 0.2) is 0 Å². The third-order valence-electron chi connectivity index (χ3n) is 5.06. The van der Waals surface area contributed by atoms with Crippen molar-refractivity contribution in [2.24, 2.45) is 0 Å². The number of aldehydes is 1. The van der Waals surface area contributed by atoms with Crippen molar-refractivity contribution < 1.29 is 23.9 Å². The molecule has 1 amide bonds. The Morgan fingerprint density at radius 1 is 1.16 bits per heavy atom. The van der Waals surface area contributed by atoms with Gasteiger partial charge in [-0.1, -0.05) is 26.2 Å². The number of rotatable bonds is 13. The summed E-state index contributed by atoms with van der Waals surface area (Å²) >= 11 is 0. The number of piperazine rings is 1. The molecule has 10 heteroatoms. The molecule has 1 aliphatic heterocycles. The van der Waals surface area contributed by atoms with Crippen LogP contribution in [0.3, 0.4) is 0 Å². The van der Waals surface area contributed by atoms with Crippen molar-refractivity contribution in [3.63, 3.8) is 0 Å². The number of nitrogens with one attached hydrogen (secondary N) is 3. The number of hydrogen-bond acceptors (Lipinski definition) is 7. The standard InChI is InChI=1S/C13H26FN3.C10H16N2O2.C3H6.CH2O2/c1-4-15-6-5-13(3)17-9-7-16(8-10-17)11-12(2)14;1-4-8(2)12-9(6-5-7-13)10(14)11-3;1-3-2;2-1-3/h11,13,15H,4-10H2,1-3H3;4,7,9,12H,1-2,5-6H2,3H3,(H,11,14);3H,1H2,2H3;1H,(H,2,3)/b12-11-;;;. The molecule has 4 N–H and O–H groups in total. The highest BCUT2D eigenvalue weighted by molar-refractivity contribution is 5.82. The van der Waals surface area contributed by atoms with Gasteiger partial charge in [-0.2, -0.15) is 0 Å². The largest absolute Gasteiger partial charge is 0.483 e. The maximum atomic E-state index is 12.7. The molecule has 0 saturated carbocycles. The van der Waals surface area contributed by atoms with E-state index in [1.54, 1.807) is 19.3 Å². The molecule has 1 aliphatic rings. The highest BCUT2D eigenvalue weighted by atomic mass is 19.1. The van der Waals surface area contributed by atoms with E-state index in [4.69, 9.17) is 9.90 Å². The molecule has 0 aromatic carbocycles. The zero-order valence-electron chi connectivity index (χ0n) is 23.5. The molecule has 0 aliphatic carbocycles. The number of carbonyl (C=O) groups is 3. The lowest BCUT2D eigenvalue weighted by Crippen LogP contribution is -2.48. The van der Waals surface area contributed by atoms with Crippen LogP contribution >= 0.6 is 0 Å². The number of amides is 1. The Hall–Kier alpha value is -2.98. The predicted octanol–water partition coefficient (Wildman–Crippen LogP) is 3.09. The molecule has 2 atom stereocenters. The van der Waals surface area contributed by atoms with Crippen molar-refractivity contribution in [3.05, 3.63) is 49.6 Å². The second-order valence-corrected chi connectivity index (χ2v) is 8.08. The van der Waals surface area contributed by atoms with Crippen LogP contribution < -0.4 is 16.0 Å². The maximum Gasteiger partial charge on any atom is 0.290 e. The number of nitrogens with zero attached hydrogens (tertiary/aromatic N) is 2. The average Bonchev–Trinajstić information content (AvgIpc) is 2.87. The summed E-state index contributed by atoms with van der Waals surface area (Å²) in [5.74, 6) is -0.256. The first kappa shape index (κ1) is 38.5. The first-order chi connectivity index (χ1) is 17.6. The van der Waals surface area contributed by atoms with Crippen LogP contribution in [0.1, 0.15) is 47.0 Å². The van der Waals surface area contributed by atoms with E-state index in [9.17, 15) is 14.0 Å². The molecule has 1 saturated heterocycles. The van der Waals surface area contributed by atoms with Gasteiger partial charge in [-0.3, -0.25) is 14.5 Å². The summed E-state index contributed by atoms with van der Waals surface area (Å²) in [6.07, 6.45) is 7.67. The zero-order chi connectivity index (χ0) is 29.1. The molecule has 1 rings (SSSR count). The average molecular weight is 528 g/mol. The second kappa shape index (κ2) is 27.6. The minimum Gasteiger partial charge on any atom is -0.483 e. The summed E-state index contributed by atoms with van der Waals surface area (Å²) in [4.78, 5) is 34.4. The van der Waals surface area contributed by atoms with E-state index in [1.807, 2.05) is 6.92 Å². The lowest BCUT2D eigenvalue weighted by molar-refractivity contribution is -0.123. The van der Waals surface area contributed by atoms with Crippen LogP contribution in [0.4, 0.5) is 4.39 Å². The van der Waals surface area contributed by atoms with Crippen molar-refractivity contribution in [3.8, 4) is 0 Å². The maximum absolute atomic E-state index is 12.7. The highest BCUT2D eigenvalue weighted by Crippen LogP contribution is 2.10. The fourth-order valence-corrected chi connectivity index (χ4v) is 3.19. The number of hydrogen-bond donors (Lipinski definition) is 4. The van der Waals surface area contributed by atoms with Gasteiger partial charge in [-0.15, -0.1) is 6.58 Å². The molecule has 214 valence electrons. The van der Waals surface area contributed by atoms with Crippen LogP contribution in [0.25, 0.3) is 0 Å². The molecule has 0 aromatic rings. The molecular weight excluding hydrogens is 477 g/mol. The number of carbonyl (C=O) groups excluding carboxylic acids is 2. The van der Waals surface area contributed by atoms with Gasteiger partial charge >= 0.3 is 0 Å². The number of carboxylic acid groups (broad SMARTS) is 1. The van der Waals surface area contributed by atoms with E-state index < -0.39 is 6.04 Å². The van der Waals surface area contributed by atoms with Gasteiger partial charge in [0, 0.05) is 57.6 Å². The minimum atomic E-state index is -0.421. The summed E-state index contributed by atoms with van der Waals surface area (Å²) in [6.45, 7) is 24.2. The summed E-state index contributed by atoms with van der Waals surface area (Å²) < 4.78 is 12.7. The molecule has 0 bridgehead atoms. The monoisotopic (exact) mass is 527 g/mol. The van der Waals surface area contributed by atoms with E-state index >= 15 is 0 Å². The van der Waals surface area contributed by atoms with E-state index in [0.29, 0.717) is 24.6 Å². The molecule has 0 radical (unpaired) electrons. The van der Waals surface area contributed by atoms with Crippen molar-refractivity contribution in [2.45, 2.75) is 59.0 Å². The van der Waals surface area contributed by atoms with Gasteiger partial charge < -0.3 is 30.8 Å². The SMILES string of the molecule is C=CC.C=CC(=C)NC(CCC=O)C(=O)NC.CCNCCC(C)N1CCN(/C=C(/C)F)CC1.O=CO. The normalized spacial score (nSPS) is 14.4. The van der Waals surface area contributed by atoms with Gasteiger partial charge in [0.1, 0.15) is 18.2 Å². The lowest BCUT2D eigenvalue weighted by Gasteiger charge is -2.37. The third-order valence-corrected chi connectivity index (χ3v) is 5.06. The van der Waals surface area contributed by atoms with Gasteiger partial charge in [-0.25, -0.2) is 4.39 Å². The second-order valence-electron chi connectivity index (χ2n) is 8.08. The quantitative estimate of drug-likeness (QED) is 0.125. The van der Waals surface area contributed by atoms with Crippen molar-refractivity contribution in [1.29, 1.82) is 0 Å². The summed E-state index contributed by atoms with van der Waals surface area (Å²) in [5, 5.41) is 15.6.